The number of nitrogens with zero attached hydrogens (tertiary/aromatic N) is 1. The number of aromatic nitrogens is 1. The third-order valence-corrected chi connectivity index (χ3v) is 2.99. The topological polar surface area (TPSA) is 43.3 Å². The average molecular weight is 216 g/mol. The van der Waals surface area contributed by atoms with Crippen LogP contribution in [0.1, 0.15) is 11.6 Å². The first-order valence-electron chi connectivity index (χ1n) is 5.22. The zero-order valence-electron chi connectivity index (χ0n) is 8.93. The summed E-state index contributed by atoms with van der Waals surface area (Å²) in [5, 5.41) is 3.98. The van der Waals surface area contributed by atoms with Gasteiger partial charge in [0.1, 0.15) is 6.61 Å². The Morgan fingerprint density at radius 1 is 1.44 bits per heavy atom. The molecule has 0 saturated carbocycles. The molecule has 1 fully saturated rings. The number of rotatable bonds is 1. The number of fused-ring (bicyclic) bond motifs is 1. The van der Waals surface area contributed by atoms with Gasteiger partial charge in [0.05, 0.1) is 6.04 Å². The van der Waals surface area contributed by atoms with Gasteiger partial charge >= 0.3 is 6.09 Å². The fourth-order valence-electron chi connectivity index (χ4n) is 2.06. The second kappa shape index (κ2) is 3.27. The van der Waals surface area contributed by atoms with Gasteiger partial charge in [0, 0.05) is 18.8 Å². The number of carbonyl (C=O) groups excluding carboxylic acids is 1. The van der Waals surface area contributed by atoms with Crippen molar-refractivity contribution >= 4 is 17.0 Å². The molecule has 4 heteroatoms. The maximum atomic E-state index is 11.0. The molecule has 1 aromatic heterocycles. The van der Waals surface area contributed by atoms with Crippen LogP contribution in [-0.2, 0) is 11.8 Å². The number of hydrogen-bond acceptors (Lipinski definition) is 2. The number of alkyl carbamates (subject to hydrolysis) is 1. The normalized spacial score (nSPS) is 19.8. The van der Waals surface area contributed by atoms with E-state index in [1.165, 1.54) is 10.9 Å². The van der Waals surface area contributed by atoms with Crippen molar-refractivity contribution in [3.05, 3.63) is 36.0 Å². The number of carbonyl (C=O) groups is 1. The second-order valence-corrected chi connectivity index (χ2v) is 4.04. The second-order valence-electron chi connectivity index (χ2n) is 4.04. The van der Waals surface area contributed by atoms with Crippen LogP contribution in [0.25, 0.3) is 10.9 Å². The van der Waals surface area contributed by atoms with E-state index in [1.54, 1.807) is 0 Å². The Labute approximate surface area is 92.8 Å². The molecule has 1 N–H and O–H groups in total. The van der Waals surface area contributed by atoms with E-state index in [9.17, 15) is 4.79 Å². The Hall–Kier alpha value is -1.97. The van der Waals surface area contributed by atoms with E-state index in [0.29, 0.717) is 6.61 Å². The van der Waals surface area contributed by atoms with Crippen LogP contribution in [0.5, 0.6) is 0 Å². The number of hydrogen-bond donors (Lipinski definition) is 1. The third kappa shape index (κ3) is 1.34. The van der Waals surface area contributed by atoms with Crippen LogP contribution in [-0.4, -0.2) is 17.3 Å². The lowest BCUT2D eigenvalue weighted by molar-refractivity contribution is 0.177. The van der Waals surface area contributed by atoms with Gasteiger partial charge in [-0.15, -0.1) is 0 Å². The molecule has 1 aliphatic rings. The number of amides is 1. The van der Waals surface area contributed by atoms with Gasteiger partial charge < -0.3 is 14.6 Å². The molecule has 82 valence electrons. The number of aryl methyl sites for hydroxylation is 1. The highest BCUT2D eigenvalue weighted by Gasteiger charge is 2.23. The third-order valence-electron chi connectivity index (χ3n) is 2.99. The Morgan fingerprint density at radius 3 is 3.06 bits per heavy atom. The highest BCUT2D eigenvalue weighted by atomic mass is 16.6. The van der Waals surface area contributed by atoms with Gasteiger partial charge in [0.2, 0.25) is 0 Å². The molecule has 16 heavy (non-hydrogen) atoms. The molecule has 1 aromatic carbocycles. The number of ether oxygens (including phenoxy) is 1. The largest absolute Gasteiger partial charge is 0.447 e. The molecular weight excluding hydrogens is 204 g/mol. The van der Waals surface area contributed by atoms with Crippen molar-refractivity contribution in [2.75, 3.05) is 6.61 Å². The van der Waals surface area contributed by atoms with Gasteiger partial charge in [-0.2, -0.15) is 0 Å². The minimum atomic E-state index is -0.336. The first-order chi connectivity index (χ1) is 7.74. The highest BCUT2D eigenvalue weighted by molar-refractivity contribution is 5.81. The van der Waals surface area contributed by atoms with Crippen molar-refractivity contribution in [3.63, 3.8) is 0 Å². The summed E-state index contributed by atoms with van der Waals surface area (Å²) in [6.45, 7) is 0.411. The summed E-state index contributed by atoms with van der Waals surface area (Å²) in [6.07, 6.45) is 1.69. The Morgan fingerprint density at radius 2 is 2.31 bits per heavy atom. The van der Waals surface area contributed by atoms with Gasteiger partial charge in [-0.25, -0.2) is 4.79 Å². The zero-order chi connectivity index (χ0) is 11.1. The van der Waals surface area contributed by atoms with Crippen molar-refractivity contribution in [3.8, 4) is 0 Å². The van der Waals surface area contributed by atoms with E-state index < -0.39 is 0 Å². The first kappa shape index (κ1) is 9.27. The van der Waals surface area contributed by atoms with Crippen molar-refractivity contribution < 1.29 is 9.53 Å². The number of cyclic esters (lactones) is 1. The maximum absolute atomic E-state index is 11.0. The number of benzene rings is 1. The summed E-state index contributed by atoms with van der Waals surface area (Å²) < 4.78 is 6.95. The lowest BCUT2D eigenvalue weighted by atomic mass is 10.1. The minimum Gasteiger partial charge on any atom is -0.447 e. The Kier molecular flexibility index (Phi) is 1.89. The van der Waals surface area contributed by atoms with E-state index in [1.807, 2.05) is 19.3 Å². The lowest BCUT2D eigenvalue weighted by Crippen LogP contribution is -2.18. The van der Waals surface area contributed by atoms with Crippen LogP contribution >= 0.6 is 0 Å². The van der Waals surface area contributed by atoms with Crippen LogP contribution in [0.15, 0.2) is 30.5 Å². The summed E-state index contributed by atoms with van der Waals surface area (Å²) in [6, 6.07) is 8.24. The first-order valence-corrected chi connectivity index (χ1v) is 5.22. The van der Waals surface area contributed by atoms with Crippen molar-refractivity contribution in [1.29, 1.82) is 0 Å². The highest BCUT2D eigenvalue weighted by Crippen LogP contribution is 2.23. The molecule has 0 aliphatic carbocycles. The zero-order valence-corrected chi connectivity index (χ0v) is 8.93. The van der Waals surface area contributed by atoms with Crippen molar-refractivity contribution in [1.82, 2.24) is 9.88 Å². The molecule has 1 aliphatic heterocycles. The van der Waals surface area contributed by atoms with Gasteiger partial charge in [-0.05, 0) is 23.1 Å². The van der Waals surface area contributed by atoms with Crippen LogP contribution in [0.4, 0.5) is 4.79 Å². The predicted molar refractivity (Wildman–Crippen MR) is 60.1 cm³/mol. The van der Waals surface area contributed by atoms with Crippen LogP contribution < -0.4 is 5.32 Å². The molecule has 0 bridgehead atoms. The monoisotopic (exact) mass is 216 g/mol. The quantitative estimate of drug-likeness (QED) is 0.791. The molecule has 0 radical (unpaired) electrons. The van der Waals surface area contributed by atoms with Crippen LogP contribution in [0.3, 0.4) is 0 Å². The molecule has 1 amide bonds. The Balaban J connectivity index is 2.04. The maximum Gasteiger partial charge on any atom is 0.407 e. The SMILES string of the molecule is Cn1ccc2ccc(C3COC(=O)N3)cc21. The minimum absolute atomic E-state index is 0.0215. The van der Waals surface area contributed by atoms with E-state index >= 15 is 0 Å². The fourth-order valence-corrected chi connectivity index (χ4v) is 2.06. The molecular formula is C12H12N2O2. The standard InChI is InChI=1S/C12H12N2O2/c1-14-5-4-8-2-3-9(6-11(8)14)10-7-16-12(15)13-10/h2-6,10H,7H2,1H3,(H,13,15). The molecule has 2 aromatic rings. The van der Waals surface area contributed by atoms with E-state index in [4.69, 9.17) is 4.74 Å². The molecule has 2 heterocycles. The van der Waals surface area contributed by atoms with Crippen molar-refractivity contribution in [2.45, 2.75) is 6.04 Å². The van der Waals surface area contributed by atoms with Crippen molar-refractivity contribution in [2.24, 2.45) is 7.05 Å². The van der Waals surface area contributed by atoms with Crippen LogP contribution in [0.2, 0.25) is 0 Å². The Bertz CT molecular complexity index is 559. The van der Waals surface area contributed by atoms with E-state index in [0.717, 1.165) is 5.56 Å². The molecule has 3 rings (SSSR count). The summed E-state index contributed by atoms with van der Waals surface area (Å²) in [4.78, 5) is 11.0. The smallest absolute Gasteiger partial charge is 0.407 e. The summed E-state index contributed by atoms with van der Waals surface area (Å²) in [7, 11) is 2.01. The van der Waals surface area contributed by atoms with Gasteiger partial charge in [0.25, 0.3) is 0 Å². The van der Waals surface area contributed by atoms with Gasteiger partial charge in [-0.3, -0.25) is 0 Å². The molecule has 1 unspecified atom stereocenters. The van der Waals surface area contributed by atoms with Crippen LogP contribution in [0, 0.1) is 0 Å². The summed E-state index contributed by atoms with van der Waals surface area (Å²) in [5.41, 5.74) is 2.25. The van der Waals surface area contributed by atoms with E-state index in [-0.39, 0.29) is 12.1 Å². The summed E-state index contributed by atoms with van der Waals surface area (Å²) in [5.74, 6) is 0. The molecule has 1 atom stereocenters. The molecule has 4 nitrogen and oxygen atoms in total. The van der Waals surface area contributed by atoms with E-state index in [2.05, 4.69) is 28.1 Å². The number of nitrogens with one attached hydrogen (secondary N) is 1. The lowest BCUT2D eigenvalue weighted by Gasteiger charge is -2.08. The fraction of sp³-hybridized carbons (Fsp3) is 0.250. The molecule has 0 spiro atoms. The predicted octanol–water partition coefficient (Wildman–Crippen LogP) is 1.96. The molecule has 1 saturated heterocycles. The summed E-state index contributed by atoms with van der Waals surface area (Å²) >= 11 is 0. The average Bonchev–Trinajstić information content (AvgIpc) is 2.86. The van der Waals surface area contributed by atoms with Gasteiger partial charge in [0.15, 0.2) is 0 Å². The van der Waals surface area contributed by atoms with Gasteiger partial charge in [-0.1, -0.05) is 12.1 Å².